The molecule has 0 unspecified atom stereocenters. The van der Waals surface area contributed by atoms with E-state index in [9.17, 15) is 4.39 Å². The maximum absolute atomic E-state index is 13.5. The summed E-state index contributed by atoms with van der Waals surface area (Å²) >= 11 is 0. The Morgan fingerprint density at radius 3 is 2.68 bits per heavy atom. The molecule has 0 fully saturated rings. The van der Waals surface area contributed by atoms with Crippen molar-refractivity contribution in [3.8, 4) is 17.9 Å². The monoisotopic (exact) mass is 258 g/mol. The van der Waals surface area contributed by atoms with E-state index >= 15 is 0 Å². The summed E-state index contributed by atoms with van der Waals surface area (Å²) < 4.78 is 18.9. The number of ether oxygens (including phenoxy) is 1. The van der Waals surface area contributed by atoms with Gasteiger partial charge in [-0.2, -0.15) is 10.5 Å². The summed E-state index contributed by atoms with van der Waals surface area (Å²) in [5.41, 5.74) is 0.550. The Hall–Kier alpha value is -2.33. The smallest absolute Gasteiger partial charge is 0.165 e. The van der Waals surface area contributed by atoms with Crippen LogP contribution in [0.25, 0.3) is 6.08 Å². The molecule has 0 N–H and O–H groups in total. The van der Waals surface area contributed by atoms with Crippen LogP contribution in [0.2, 0.25) is 0 Å². The SMILES string of the molecule is CCCCCOc1cc(C=C(C#N)C#N)ccc1F. The maximum atomic E-state index is 13.5. The van der Waals surface area contributed by atoms with E-state index in [1.165, 1.54) is 24.3 Å². The Labute approximate surface area is 112 Å². The molecule has 0 radical (unpaired) electrons. The lowest BCUT2D eigenvalue weighted by Crippen LogP contribution is -1.99. The predicted molar refractivity (Wildman–Crippen MR) is 70.6 cm³/mol. The second-order valence-corrected chi connectivity index (χ2v) is 4.03. The third-order valence-electron chi connectivity index (χ3n) is 2.51. The lowest BCUT2D eigenvalue weighted by Gasteiger charge is -2.07. The molecule has 0 saturated heterocycles. The molecule has 0 bridgehead atoms. The molecule has 0 saturated carbocycles. The highest BCUT2D eigenvalue weighted by Crippen LogP contribution is 2.20. The molecule has 1 rings (SSSR count). The van der Waals surface area contributed by atoms with Gasteiger partial charge < -0.3 is 4.74 Å². The Kier molecular flexibility index (Phi) is 6.12. The molecular formula is C15H15FN2O. The van der Waals surface area contributed by atoms with Gasteiger partial charge in [-0.15, -0.1) is 0 Å². The second kappa shape index (κ2) is 7.89. The molecular weight excluding hydrogens is 243 g/mol. The summed E-state index contributed by atoms with van der Waals surface area (Å²) in [6, 6.07) is 7.79. The van der Waals surface area contributed by atoms with Gasteiger partial charge in [0.15, 0.2) is 11.6 Å². The summed E-state index contributed by atoms with van der Waals surface area (Å²) in [5.74, 6) is -0.288. The number of allylic oxidation sites excluding steroid dienone is 1. The van der Waals surface area contributed by atoms with Crippen LogP contribution in [-0.2, 0) is 0 Å². The van der Waals surface area contributed by atoms with Gasteiger partial charge in [0, 0.05) is 0 Å². The van der Waals surface area contributed by atoms with Crippen LogP contribution in [0, 0.1) is 28.5 Å². The minimum Gasteiger partial charge on any atom is -0.490 e. The number of nitriles is 2. The number of hydrogen-bond donors (Lipinski definition) is 0. The number of nitrogens with zero attached hydrogens (tertiary/aromatic N) is 2. The molecule has 1 aromatic carbocycles. The molecule has 0 atom stereocenters. The largest absolute Gasteiger partial charge is 0.490 e. The topological polar surface area (TPSA) is 56.8 Å². The molecule has 19 heavy (non-hydrogen) atoms. The zero-order chi connectivity index (χ0) is 14.1. The standard InChI is InChI=1S/C15H15FN2O/c1-2-3-4-7-19-15-9-12(5-6-14(15)16)8-13(10-17)11-18/h5-6,8-9H,2-4,7H2,1H3. The van der Waals surface area contributed by atoms with E-state index in [2.05, 4.69) is 6.92 Å². The third kappa shape index (κ3) is 4.81. The van der Waals surface area contributed by atoms with Gasteiger partial charge in [-0.3, -0.25) is 0 Å². The first kappa shape index (κ1) is 14.7. The summed E-state index contributed by atoms with van der Waals surface area (Å²) in [6.45, 7) is 2.54. The predicted octanol–water partition coefficient (Wildman–Crippen LogP) is 3.83. The van der Waals surface area contributed by atoms with Gasteiger partial charge in [0.2, 0.25) is 0 Å². The number of hydrogen-bond acceptors (Lipinski definition) is 3. The minimum atomic E-state index is -0.441. The van der Waals surface area contributed by atoms with E-state index < -0.39 is 5.82 Å². The van der Waals surface area contributed by atoms with E-state index in [4.69, 9.17) is 15.3 Å². The quantitative estimate of drug-likeness (QED) is 0.575. The summed E-state index contributed by atoms with van der Waals surface area (Å²) in [7, 11) is 0. The van der Waals surface area contributed by atoms with Gasteiger partial charge in [-0.25, -0.2) is 4.39 Å². The average Bonchev–Trinajstić information content (AvgIpc) is 2.43. The van der Waals surface area contributed by atoms with E-state index in [0.29, 0.717) is 12.2 Å². The van der Waals surface area contributed by atoms with Crippen molar-refractivity contribution >= 4 is 6.08 Å². The molecule has 0 amide bonds. The van der Waals surface area contributed by atoms with Gasteiger partial charge in [0.05, 0.1) is 6.61 Å². The lowest BCUT2D eigenvalue weighted by atomic mass is 10.1. The van der Waals surface area contributed by atoms with Crippen molar-refractivity contribution in [2.24, 2.45) is 0 Å². The van der Waals surface area contributed by atoms with Crippen molar-refractivity contribution < 1.29 is 9.13 Å². The Balaban J connectivity index is 2.81. The van der Waals surface area contributed by atoms with Crippen molar-refractivity contribution in [3.05, 3.63) is 35.2 Å². The fraction of sp³-hybridized carbons (Fsp3) is 0.333. The number of rotatable bonds is 6. The summed E-state index contributed by atoms with van der Waals surface area (Å²) in [4.78, 5) is 0. The van der Waals surface area contributed by atoms with Crippen LogP contribution in [0.1, 0.15) is 31.7 Å². The van der Waals surface area contributed by atoms with E-state index in [1.807, 2.05) is 0 Å². The molecule has 0 aliphatic rings. The van der Waals surface area contributed by atoms with Crippen LogP contribution in [0.4, 0.5) is 4.39 Å². The van der Waals surface area contributed by atoms with Crippen LogP contribution >= 0.6 is 0 Å². The normalized spacial score (nSPS) is 9.26. The van der Waals surface area contributed by atoms with Gasteiger partial charge in [0.25, 0.3) is 0 Å². The molecule has 0 heterocycles. The lowest BCUT2D eigenvalue weighted by molar-refractivity contribution is 0.291. The van der Waals surface area contributed by atoms with E-state index in [1.54, 1.807) is 12.1 Å². The molecule has 3 nitrogen and oxygen atoms in total. The molecule has 4 heteroatoms. The van der Waals surface area contributed by atoms with Crippen molar-refractivity contribution in [1.29, 1.82) is 10.5 Å². The van der Waals surface area contributed by atoms with Gasteiger partial charge in [-0.1, -0.05) is 25.8 Å². The molecule has 98 valence electrons. The molecule has 0 aliphatic heterocycles. The first-order valence-electron chi connectivity index (χ1n) is 6.15. The minimum absolute atomic E-state index is 0.0245. The van der Waals surface area contributed by atoms with E-state index in [-0.39, 0.29) is 11.3 Å². The summed E-state index contributed by atoms with van der Waals surface area (Å²) in [6.07, 6.45) is 4.38. The fourth-order valence-corrected chi connectivity index (χ4v) is 1.51. The third-order valence-corrected chi connectivity index (χ3v) is 2.51. The van der Waals surface area contributed by atoms with E-state index in [0.717, 1.165) is 19.3 Å². The van der Waals surface area contributed by atoms with Crippen LogP contribution in [-0.4, -0.2) is 6.61 Å². The Morgan fingerprint density at radius 1 is 1.32 bits per heavy atom. The first-order valence-corrected chi connectivity index (χ1v) is 6.15. The van der Waals surface area contributed by atoms with Crippen molar-refractivity contribution in [2.45, 2.75) is 26.2 Å². The second-order valence-electron chi connectivity index (χ2n) is 4.03. The zero-order valence-electron chi connectivity index (χ0n) is 10.8. The zero-order valence-corrected chi connectivity index (χ0v) is 10.8. The fourth-order valence-electron chi connectivity index (χ4n) is 1.51. The first-order chi connectivity index (χ1) is 9.21. The molecule has 1 aromatic rings. The van der Waals surface area contributed by atoms with Crippen LogP contribution in [0.3, 0.4) is 0 Å². The number of unbranched alkanes of at least 4 members (excludes halogenated alkanes) is 2. The highest BCUT2D eigenvalue weighted by atomic mass is 19.1. The highest BCUT2D eigenvalue weighted by molar-refractivity contribution is 5.62. The van der Waals surface area contributed by atoms with Gasteiger partial charge in [0.1, 0.15) is 17.7 Å². The summed E-state index contributed by atoms with van der Waals surface area (Å²) in [5, 5.41) is 17.3. The molecule has 0 aliphatic carbocycles. The Bertz CT molecular complexity index is 522. The number of benzene rings is 1. The van der Waals surface area contributed by atoms with Crippen LogP contribution in [0.15, 0.2) is 23.8 Å². The van der Waals surface area contributed by atoms with Gasteiger partial charge in [-0.05, 0) is 30.2 Å². The van der Waals surface area contributed by atoms with Crippen molar-refractivity contribution in [1.82, 2.24) is 0 Å². The number of halogens is 1. The molecule has 0 spiro atoms. The maximum Gasteiger partial charge on any atom is 0.165 e. The average molecular weight is 258 g/mol. The van der Waals surface area contributed by atoms with Crippen LogP contribution < -0.4 is 4.74 Å². The van der Waals surface area contributed by atoms with Crippen LogP contribution in [0.5, 0.6) is 5.75 Å². The van der Waals surface area contributed by atoms with Crippen molar-refractivity contribution in [3.63, 3.8) is 0 Å². The van der Waals surface area contributed by atoms with Crippen molar-refractivity contribution in [2.75, 3.05) is 6.61 Å². The Morgan fingerprint density at radius 2 is 2.05 bits per heavy atom. The van der Waals surface area contributed by atoms with Gasteiger partial charge >= 0.3 is 0 Å². The highest BCUT2D eigenvalue weighted by Gasteiger charge is 2.04. The molecule has 0 aromatic heterocycles.